The van der Waals surface area contributed by atoms with Crippen molar-refractivity contribution in [1.29, 1.82) is 0 Å². The number of nitrogens with zero attached hydrogens (tertiary/aromatic N) is 4. The maximum atomic E-state index is 5.92. The summed E-state index contributed by atoms with van der Waals surface area (Å²) < 4.78 is 3.69. The van der Waals surface area contributed by atoms with Crippen LogP contribution in [-0.4, -0.2) is 19.6 Å². The summed E-state index contributed by atoms with van der Waals surface area (Å²) in [5, 5.41) is 14.2. The topological polar surface area (TPSA) is 47.7 Å². The molecule has 6 heteroatoms. The van der Waals surface area contributed by atoms with E-state index in [1.807, 2.05) is 59.3 Å². The third-order valence-corrected chi connectivity index (χ3v) is 4.32. The van der Waals surface area contributed by atoms with Crippen LogP contribution in [0.25, 0.3) is 16.6 Å². The average Bonchev–Trinajstić information content (AvgIpc) is 3.21. The second-order valence-corrected chi connectivity index (χ2v) is 6.51. The van der Waals surface area contributed by atoms with Crippen LogP contribution in [0.1, 0.15) is 11.1 Å². The summed E-state index contributed by atoms with van der Waals surface area (Å²) in [5.41, 5.74) is 4.37. The lowest BCUT2D eigenvalue weighted by atomic mass is 10.1. The van der Waals surface area contributed by atoms with Crippen LogP contribution in [0.2, 0.25) is 5.02 Å². The normalized spacial score (nSPS) is 11.3. The van der Waals surface area contributed by atoms with Gasteiger partial charge in [-0.05, 0) is 35.9 Å². The number of rotatable bonds is 5. The lowest BCUT2D eigenvalue weighted by Crippen LogP contribution is -2.12. The molecule has 0 saturated carbocycles. The molecule has 2 aromatic carbocycles. The predicted octanol–water partition coefficient (Wildman–Crippen LogP) is 3.70. The standard InChI is InChI=1S/C19H18ClN5/c1-24-13-16-3-2-14(8-19(16)23-24)9-21-10-15-11-22-25(12-15)18-6-4-17(20)5-7-18/h2-8,11-13,21H,9-10H2,1H3. The van der Waals surface area contributed by atoms with Crippen LogP contribution >= 0.6 is 11.6 Å². The highest BCUT2D eigenvalue weighted by molar-refractivity contribution is 6.30. The summed E-state index contributed by atoms with van der Waals surface area (Å²) >= 11 is 5.92. The van der Waals surface area contributed by atoms with E-state index in [9.17, 15) is 0 Å². The van der Waals surface area contributed by atoms with E-state index in [-0.39, 0.29) is 0 Å². The van der Waals surface area contributed by atoms with Gasteiger partial charge in [-0.1, -0.05) is 23.7 Å². The van der Waals surface area contributed by atoms with Gasteiger partial charge in [0.25, 0.3) is 0 Å². The second-order valence-electron chi connectivity index (χ2n) is 6.07. The van der Waals surface area contributed by atoms with Crippen LogP contribution in [-0.2, 0) is 20.1 Å². The molecule has 5 nitrogen and oxygen atoms in total. The molecular formula is C19H18ClN5. The Morgan fingerprint density at radius 2 is 1.80 bits per heavy atom. The van der Waals surface area contributed by atoms with Gasteiger partial charge in [0.1, 0.15) is 0 Å². The lowest BCUT2D eigenvalue weighted by Gasteiger charge is -2.03. The van der Waals surface area contributed by atoms with E-state index in [0.29, 0.717) is 0 Å². The zero-order valence-electron chi connectivity index (χ0n) is 13.9. The summed E-state index contributed by atoms with van der Waals surface area (Å²) in [6.07, 6.45) is 5.93. The maximum Gasteiger partial charge on any atom is 0.0926 e. The number of halogens is 1. The van der Waals surface area contributed by atoms with Crippen molar-refractivity contribution < 1.29 is 0 Å². The monoisotopic (exact) mass is 351 g/mol. The fourth-order valence-corrected chi connectivity index (χ4v) is 2.96. The fraction of sp³-hybridized carbons (Fsp3) is 0.158. The molecule has 0 radical (unpaired) electrons. The van der Waals surface area contributed by atoms with Crippen LogP contribution < -0.4 is 5.32 Å². The average molecular weight is 352 g/mol. The first-order valence-corrected chi connectivity index (χ1v) is 8.48. The van der Waals surface area contributed by atoms with E-state index >= 15 is 0 Å². The molecule has 2 aromatic heterocycles. The molecule has 0 spiro atoms. The number of benzene rings is 2. The molecule has 25 heavy (non-hydrogen) atoms. The number of hydrogen-bond donors (Lipinski definition) is 1. The van der Waals surface area contributed by atoms with Crippen LogP contribution in [0.4, 0.5) is 0 Å². The first-order valence-electron chi connectivity index (χ1n) is 8.10. The molecule has 4 aromatic rings. The molecule has 0 aliphatic rings. The van der Waals surface area contributed by atoms with E-state index in [2.05, 4.69) is 33.7 Å². The molecule has 0 saturated heterocycles. The highest BCUT2D eigenvalue weighted by Gasteiger charge is 2.03. The Morgan fingerprint density at radius 1 is 1.00 bits per heavy atom. The van der Waals surface area contributed by atoms with Crippen molar-refractivity contribution in [3.05, 3.63) is 77.2 Å². The Kier molecular flexibility index (Phi) is 4.26. The highest BCUT2D eigenvalue weighted by atomic mass is 35.5. The van der Waals surface area contributed by atoms with Crippen LogP contribution in [0, 0.1) is 0 Å². The largest absolute Gasteiger partial charge is 0.309 e. The van der Waals surface area contributed by atoms with E-state index in [0.717, 1.165) is 40.3 Å². The highest BCUT2D eigenvalue weighted by Crippen LogP contribution is 2.15. The SMILES string of the molecule is Cn1cc2ccc(CNCc3cnn(-c4ccc(Cl)cc4)c3)cc2n1. The van der Waals surface area contributed by atoms with Crippen molar-refractivity contribution >= 4 is 22.5 Å². The molecular weight excluding hydrogens is 334 g/mol. The second kappa shape index (κ2) is 6.70. The van der Waals surface area contributed by atoms with E-state index in [1.165, 1.54) is 5.56 Å². The third-order valence-electron chi connectivity index (χ3n) is 4.07. The first-order chi connectivity index (χ1) is 12.2. The van der Waals surface area contributed by atoms with Gasteiger partial charge in [-0.3, -0.25) is 4.68 Å². The number of fused-ring (bicyclic) bond motifs is 1. The van der Waals surface area contributed by atoms with Crippen molar-refractivity contribution in [2.75, 3.05) is 0 Å². The molecule has 1 N–H and O–H groups in total. The Morgan fingerprint density at radius 3 is 2.64 bits per heavy atom. The number of aromatic nitrogens is 4. The number of aryl methyl sites for hydroxylation is 1. The first kappa shape index (κ1) is 15.9. The zero-order chi connectivity index (χ0) is 17.2. The van der Waals surface area contributed by atoms with Gasteiger partial charge >= 0.3 is 0 Å². The van der Waals surface area contributed by atoms with Crippen molar-refractivity contribution in [3.8, 4) is 5.69 Å². The molecule has 0 bridgehead atoms. The molecule has 2 heterocycles. The Labute approximate surface area is 150 Å². The van der Waals surface area contributed by atoms with Crippen molar-refractivity contribution in [1.82, 2.24) is 24.9 Å². The molecule has 0 aliphatic carbocycles. The van der Waals surface area contributed by atoms with Gasteiger partial charge in [-0.2, -0.15) is 10.2 Å². The number of nitrogens with one attached hydrogen (secondary N) is 1. The fourth-order valence-electron chi connectivity index (χ4n) is 2.83. The Balaban J connectivity index is 1.38. The summed E-state index contributed by atoms with van der Waals surface area (Å²) in [7, 11) is 1.94. The van der Waals surface area contributed by atoms with Gasteiger partial charge in [0.2, 0.25) is 0 Å². The van der Waals surface area contributed by atoms with Crippen molar-refractivity contribution in [3.63, 3.8) is 0 Å². The minimum atomic E-state index is 0.725. The quantitative estimate of drug-likeness (QED) is 0.596. The van der Waals surface area contributed by atoms with Crippen LogP contribution in [0.5, 0.6) is 0 Å². The molecule has 126 valence electrons. The van der Waals surface area contributed by atoms with E-state index in [4.69, 9.17) is 11.6 Å². The molecule has 0 unspecified atom stereocenters. The predicted molar refractivity (Wildman–Crippen MR) is 99.8 cm³/mol. The summed E-state index contributed by atoms with van der Waals surface area (Å²) in [5.74, 6) is 0. The molecule has 0 fully saturated rings. The third kappa shape index (κ3) is 3.57. The molecule has 0 amide bonds. The van der Waals surface area contributed by atoms with Gasteiger partial charge in [0.05, 0.1) is 17.4 Å². The molecule has 0 aliphatic heterocycles. The van der Waals surface area contributed by atoms with Gasteiger partial charge in [-0.25, -0.2) is 4.68 Å². The van der Waals surface area contributed by atoms with Crippen LogP contribution in [0.15, 0.2) is 61.1 Å². The van der Waals surface area contributed by atoms with E-state index in [1.54, 1.807) is 0 Å². The molecule has 0 atom stereocenters. The van der Waals surface area contributed by atoms with Crippen molar-refractivity contribution in [2.24, 2.45) is 7.05 Å². The Bertz CT molecular complexity index is 1000. The van der Waals surface area contributed by atoms with Crippen molar-refractivity contribution in [2.45, 2.75) is 13.1 Å². The smallest absolute Gasteiger partial charge is 0.0926 e. The maximum absolute atomic E-state index is 5.92. The van der Waals surface area contributed by atoms with Gasteiger partial charge in [-0.15, -0.1) is 0 Å². The van der Waals surface area contributed by atoms with Gasteiger partial charge in [0, 0.05) is 48.5 Å². The zero-order valence-corrected chi connectivity index (χ0v) is 14.6. The Hall–Kier alpha value is -2.63. The minimum absolute atomic E-state index is 0.725. The molecule has 4 rings (SSSR count). The van der Waals surface area contributed by atoms with Gasteiger partial charge in [0.15, 0.2) is 0 Å². The van der Waals surface area contributed by atoms with Crippen LogP contribution in [0.3, 0.4) is 0 Å². The minimum Gasteiger partial charge on any atom is -0.309 e. The van der Waals surface area contributed by atoms with E-state index < -0.39 is 0 Å². The summed E-state index contributed by atoms with van der Waals surface area (Å²) in [4.78, 5) is 0. The summed E-state index contributed by atoms with van der Waals surface area (Å²) in [6.45, 7) is 1.55. The lowest BCUT2D eigenvalue weighted by molar-refractivity contribution is 0.693. The van der Waals surface area contributed by atoms with Gasteiger partial charge < -0.3 is 5.32 Å². The summed E-state index contributed by atoms with van der Waals surface area (Å²) in [6, 6.07) is 14.0. The number of hydrogen-bond acceptors (Lipinski definition) is 3.